The predicted molar refractivity (Wildman–Crippen MR) is 50.8 cm³/mol. The standard InChI is InChI=1S/C11H9NO2/c1-12-9-7-11(9,10(13)14)8-5-3-2-4-6-8/h2-6,9H,7H2,(H,13,14). The molecule has 2 atom stereocenters. The minimum atomic E-state index is -0.928. The van der Waals surface area contributed by atoms with Gasteiger partial charge in [0.1, 0.15) is 0 Å². The second-order valence-electron chi connectivity index (χ2n) is 3.49. The van der Waals surface area contributed by atoms with Gasteiger partial charge in [0, 0.05) is 0 Å². The first-order chi connectivity index (χ1) is 6.71. The number of carbonyl (C=O) groups is 1. The van der Waals surface area contributed by atoms with Crippen LogP contribution >= 0.6 is 0 Å². The number of hydrogen-bond donors (Lipinski definition) is 1. The van der Waals surface area contributed by atoms with Gasteiger partial charge in [0.05, 0.1) is 6.42 Å². The molecule has 0 bridgehead atoms. The van der Waals surface area contributed by atoms with Gasteiger partial charge in [-0.2, -0.15) is 0 Å². The fraction of sp³-hybridized carbons (Fsp3) is 0.273. The molecule has 1 aromatic rings. The van der Waals surface area contributed by atoms with Crippen LogP contribution in [0, 0.1) is 6.57 Å². The molecule has 0 aromatic heterocycles. The van der Waals surface area contributed by atoms with Crippen molar-refractivity contribution in [1.82, 2.24) is 0 Å². The Hall–Kier alpha value is -1.82. The molecular weight excluding hydrogens is 178 g/mol. The first kappa shape index (κ1) is 8.76. The molecule has 2 rings (SSSR count). The second kappa shape index (κ2) is 2.85. The van der Waals surface area contributed by atoms with Gasteiger partial charge >= 0.3 is 5.97 Å². The van der Waals surface area contributed by atoms with Crippen molar-refractivity contribution in [2.45, 2.75) is 17.9 Å². The first-order valence-electron chi connectivity index (χ1n) is 4.37. The van der Waals surface area contributed by atoms with Gasteiger partial charge in [0.2, 0.25) is 6.04 Å². The smallest absolute Gasteiger partial charge is 0.322 e. The molecule has 14 heavy (non-hydrogen) atoms. The summed E-state index contributed by atoms with van der Waals surface area (Å²) in [7, 11) is 0. The van der Waals surface area contributed by atoms with Crippen LogP contribution in [0.1, 0.15) is 12.0 Å². The van der Waals surface area contributed by atoms with E-state index in [1.54, 1.807) is 24.3 Å². The quantitative estimate of drug-likeness (QED) is 0.716. The summed E-state index contributed by atoms with van der Waals surface area (Å²) in [5.41, 5.74) is -0.184. The Labute approximate surface area is 81.8 Å². The lowest BCUT2D eigenvalue weighted by molar-refractivity contribution is -0.140. The first-order valence-corrected chi connectivity index (χ1v) is 4.37. The molecule has 2 unspecified atom stereocenters. The largest absolute Gasteiger partial charge is 0.480 e. The molecule has 1 aliphatic rings. The molecule has 1 fully saturated rings. The van der Waals surface area contributed by atoms with E-state index in [2.05, 4.69) is 4.85 Å². The second-order valence-corrected chi connectivity index (χ2v) is 3.49. The zero-order chi connectivity index (χ0) is 10.2. The van der Waals surface area contributed by atoms with Crippen molar-refractivity contribution < 1.29 is 9.90 Å². The van der Waals surface area contributed by atoms with Crippen molar-refractivity contribution in [3.63, 3.8) is 0 Å². The molecule has 1 N–H and O–H groups in total. The number of benzene rings is 1. The zero-order valence-electron chi connectivity index (χ0n) is 7.47. The van der Waals surface area contributed by atoms with Crippen molar-refractivity contribution >= 4 is 5.97 Å². The van der Waals surface area contributed by atoms with E-state index in [0.717, 1.165) is 5.56 Å². The van der Waals surface area contributed by atoms with Crippen LogP contribution in [-0.2, 0) is 10.2 Å². The van der Waals surface area contributed by atoms with Crippen LogP contribution in [-0.4, -0.2) is 17.1 Å². The molecule has 0 spiro atoms. The highest BCUT2D eigenvalue weighted by atomic mass is 16.4. The summed E-state index contributed by atoms with van der Waals surface area (Å²) in [6.07, 6.45) is 0.440. The summed E-state index contributed by atoms with van der Waals surface area (Å²) in [5, 5.41) is 9.12. The van der Waals surface area contributed by atoms with E-state index >= 15 is 0 Å². The summed E-state index contributed by atoms with van der Waals surface area (Å²) in [6.45, 7) is 6.88. The van der Waals surface area contributed by atoms with Gasteiger partial charge in [-0.3, -0.25) is 4.79 Å². The lowest BCUT2D eigenvalue weighted by atomic mass is 9.95. The maximum Gasteiger partial charge on any atom is 0.322 e. The number of aliphatic carboxylic acids is 1. The summed E-state index contributed by atoms with van der Waals surface area (Å²) >= 11 is 0. The van der Waals surface area contributed by atoms with E-state index in [0.29, 0.717) is 6.42 Å². The van der Waals surface area contributed by atoms with Crippen LogP contribution in [0.2, 0.25) is 0 Å². The van der Waals surface area contributed by atoms with E-state index in [4.69, 9.17) is 11.7 Å². The molecule has 3 nitrogen and oxygen atoms in total. The van der Waals surface area contributed by atoms with E-state index in [1.165, 1.54) is 0 Å². The van der Waals surface area contributed by atoms with Crippen LogP contribution < -0.4 is 0 Å². The van der Waals surface area contributed by atoms with Gasteiger partial charge in [-0.15, -0.1) is 0 Å². The molecule has 70 valence electrons. The summed E-state index contributed by atoms with van der Waals surface area (Å²) < 4.78 is 0. The highest BCUT2D eigenvalue weighted by Crippen LogP contribution is 2.50. The Morgan fingerprint density at radius 1 is 1.50 bits per heavy atom. The number of carboxylic acid groups (broad SMARTS) is 1. The molecule has 1 aliphatic carbocycles. The third-order valence-corrected chi connectivity index (χ3v) is 2.75. The minimum Gasteiger partial charge on any atom is -0.480 e. The average molecular weight is 187 g/mol. The summed E-state index contributed by atoms with van der Waals surface area (Å²) in [6, 6.07) is 8.62. The normalized spacial score (nSPS) is 29.2. The van der Waals surface area contributed by atoms with Gasteiger partial charge in [0.15, 0.2) is 5.41 Å². The highest BCUT2D eigenvalue weighted by molar-refractivity contribution is 5.87. The Bertz CT molecular complexity index is 407. The third-order valence-electron chi connectivity index (χ3n) is 2.75. The predicted octanol–water partition coefficient (Wildman–Crippen LogP) is 1.70. The lowest BCUT2D eigenvalue weighted by Gasteiger charge is -2.06. The Kier molecular flexibility index (Phi) is 1.78. The van der Waals surface area contributed by atoms with Crippen LogP contribution in [0.25, 0.3) is 4.85 Å². The van der Waals surface area contributed by atoms with Crippen LogP contribution in [0.5, 0.6) is 0 Å². The molecule has 1 saturated carbocycles. The Balaban J connectivity index is 2.42. The van der Waals surface area contributed by atoms with Gasteiger partial charge in [-0.05, 0) is 5.56 Å². The monoisotopic (exact) mass is 187 g/mol. The number of nitrogens with zero attached hydrogens (tertiary/aromatic N) is 1. The van der Waals surface area contributed by atoms with E-state index in [-0.39, 0.29) is 6.04 Å². The maximum atomic E-state index is 11.1. The van der Waals surface area contributed by atoms with Crippen molar-refractivity contribution in [1.29, 1.82) is 0 Å². The van der Waals surface area contributed by atoms with E-state index in [1.807, 2.05) is 6.07 Å². The molecule has 1 aromatic carbocycles. The van der Waals surface area contributed by atoms with Crippen LogP contribution in [0.4, 0.5) is 0 Å². The summed E-state index contributed by atoms with van der Waals surface area (Å²) in [4.78, 5) is 14.4. The van der Waals surface area contributed by atoms with Gasteiger partial charge in [-0.1, -0.05) is 30.3 Å². The number of hydrogen-bond acceptors (Lipinski definition) is 1. The number of carboxylic acids is 1. The van der Waals surface area contributed by atoms with Crippen molar-refractivity contribution in [2.24, 2.45) is 0 Å². The zero-order valence-corrected chi connectivity index (χ0v) is 7.47. The van der Waals surface area contributed by atoms with Crippen molar-refractivity contribution in [3.05, 3.63) is 47.3 Å². The fourth-order valence-electron chi connectivity index (χ4n) is 1.80. The SMILES string of the molecule is [C-]#[N+]C1CC1(C(=O)O)c1ccccc1. The minimum absolute atomic E-state index is 0.387. The molecule has 0 aliphatic heterocycles. The van der Waals surface area contributed by atoms with Gasteiger partial charge in [-0.25, -0.2) is 6.57 Å². The third kappa shape index (κ3) is 1.01. The van der Waals surface area contributed by atoms with E-state index < -0.39 is 11.4 Å². The molecule has 3 heteroatoms. The maximum absolute atomic E-state index is 11.1. The molecule has 0 radical (unpaired) electrons. The van der Waals surface area contributed by atoms with Gasteiger partial charge in [0.25, 0.3) is 0 Å². The molecular formula is C11H9NO2. The summed E-state index contributed by atoms with van der Waals surface area (Å²) in [5.74, 6) is -0.885. The highest BCUT2D eigenvalue weighted by Gasteiger charge is 2.68. The Morgan fingerprint density at radius 3 is 2.57 bits per heavy atom. The van der Waals surface area contributed by atoms with Gasteiger partial charge < -0.3 is 9.95 Å². The van der Waals surface area contributed by atoms with Crippen LogP contribution in [0.15, 0.2) is 30.3 Å². The molecule has 0 amide bonds. The molecule has 0 heterocycles. The molecule has 0 saturated heterocycles. The Morgan fingerprint density at radius 2 is 2.14 bits per heavy atom. The average Bonchev–Trinajstić information content (AvgIpc) is 2.94. The van der Waals surface area contributed by atoms with E-state index in [9.17, 15) is 4.79 Å². The van der Waals surface area contributed by atoms with Crippen molar-refractivity contribution in [3.8, 4) is 0 Å². The topological polar surface area (TPSA) is 41.7 Å². The van der Waals surface area contributed by atoms with Crippen LogP contribution in [0.3, 0.4) is 0 Å². The lowest BCUT2D eigenvalue weighted by Crippen LogP contribution is -2.23. The number of rotatable bonds is 2. The fourth-order valence-corrected chi connectivity index (χ4v) is 1.80. The van der Waals surface area contributed by atoms with Crippen molar-refractivity contribution in [2.75, 3.05) is 0 Å².